The van der Waals surface area contributed by atoms with E-state index in [2.05, 4.69) is 0 Å². The first-order valence-electron chi connectivity index (χ1n) is 9.22. The molecular formula is C23H22O6. The third-order valence-corrected chi connectivity index (χ3v) is 4.91. The summed E-state index contributed by atoms with van der Waals surface area (Å²) in [5.41, 5.74) is 1.85. The largest absolute Gasteiger partial charge is 0.493 e. The van der Waals surface area contributed by atoms with E-state index < -0.39 is 12.2 Å². The zero-order valence-electron chi connectivity index (χ0n) is 16.2. The Morgan fingerprint density at radius 3 is 2.21 bits per heavy atom. The second-order valence-electron chi connectivity index (χ2n) is 6.69. The molecule has 0 aliphatic carbocycles. The van der Waals surface area contributed by atoms with Gasteiger partial charge >= 0.3 is 0 Å². The average Bonchev–Trinajstić information content (AvgIpc) is 2.87. The molecule has 1 aliphatic heterocycles. The molecule has 0 saturated carbocycles. The number of fused-ring (bicyclic) bond motifs is 2. The molecule has 3 aromatic carbocycles. The molecular weight excluding hydrogens is 372 g/mol. The molecule has 1 aliphatic rings. The molecule has 4 rings (SSSR count). The van der Waals surface area contributed by atoms with Gasteiger partial charge in [0.15, 0.2) is 23.0 Å². The molecule has 6 nitrogen and oxygen atoms in total. The van der Waals surface area contributed by atoms with Gasteiger partial charge in [-0.3, -0.25) is 0 Å². The maximum atomic E-state index is 10.8. The third kappa shape index (κ3) is 3.60. The highest BCUT2D eigenvalue weighted by molar-refractivity contribution is 5.58. The molecule has 6 heteroatoms. The van der Waals surface area contributed by atoms with Gasteiger partial charge in [0, 0.05) is 17.2 Å². The normalized spacial score (nSPS) is 17.4. The molecule has 0 aromatic heterocycles. The van der Waals surface area contributed by atoms with Crippen LogP contribution in [0.25, 0.3) is 0 Å². The van der Waals surface area contributed by atoms with Crippen LogP contribution >= 0.6 is 0 Å². The van der Waals surface area contributed by atoms with E-state index >= 15 is 0 Å². The monoisotopic (exact) mass is 394 g/mol. The molecule has 29 heavy (non-hydrogen) atoms. The highest BCUT2D eigenvalue weighted by Crippen LogP contribution is 2.50. The van der Waals surface area contributed by atoms with Crippen molar-refractivity contribution in [3.05, 3.63) is 77.4 Å². The lowest BCUT2D eigenvalue weighted by atomic mass is 9.98. The minimum atomic E-state index is -1.20. The summed E-state index contributed by atoms with van der Waals surface area (Å²) in [7, 11) is 3.03. The Morgan fingerprint density at radius 1 is 0.793 bits per heavy atom. The van der Waals surface area contributed by atoms with E-state index in [0.29, 0.717) is 46.5 Å². The number of rotatable bonds is 5. The number of para-hydroxylation sites is 1. The van der Waals surface area contributed by atoms with E-state index in [9.17, 15) is 10.2 Å². The highest BCUT2D eigenvalue weighted by atomic mass is 16.5. The summed E-state index contributed by atoms with van der Waals surface area (Å²) in [6, 6.07) is 18.2. The Bertz CT molecular complexity index is 1000. The fourth-order valence-corrected chi connectivity index (χ4v) is 3.37. The van der Waals surface area contributed by atoms with Gasteiger partial charge in [0.2, 0.25) is 0 Å². The number of aliphatic hydroxyl groups excluding tert-OH is 2. The summed E-state index contributed by atoms with van der Waals surface area (Å²) in [5.74, 6) is 2.09. The lowest BCUT2D eigenvalue weighted by molar-refractivity contribution is 0.0182. The number of hydrogen-bond acceptors (Lipinski definition) is 6. The molecule has 150 valence electrons. The minimum Gasteiger partial charge on any atom is -0.493 e. The van der Waals surface area contributed by atoms with E-state index in [1.807, 2.05) is 30.3 Å². The van der Waals surface area contributed by atoms with Crippen molar-refractivity contribution in [3.8, 4) is 28.7 Å². The predicted octanol–water partition coefficient (Wildman–Crippen LogP) is 4.16. The van der Waals surface area contributed by atoms with Crippen molar-refractivity contribution in [3.63, 3.8) is 0 Å². The van der Waals surface area contributed by atoms with Gasteiger partial charge in [-0.05, 0) is 17.7 Å². The van der Waals surface area contributed by atoms with Crippen LogP contribution in [0.2, 0.25) is 0 Å². The van der Waals surface area contributed by atoms with Crippen LogP contribution in [0.4, 0.5) is 0 Å². The molecule has 0 fully saturated rings. The fraction of sp³-hybridized carbons (Fsp3) is 0.217. The van der Waals surface area contributed by atoms with Gasteiger partial charge in [-0.1, -0.05) is 42.5 Å². The van der Waals surface area contributed by atoms with Crippen molar-refractivity contribution in [2.24, 2.45) is 0 Å². The molecule has 2 N–H and O–H groups in total. The molecule has 0 spiro atoms. The summed E-state index contributed by atoms with van der Waals surface area (Å²) >= 11 is 0. The summed E-state index contributed by atoms with van der Waals surface area (Å²) in [6.45, 7) is 0.345. The van der Waals surface area contributed by atoms with Crippen LogP contribution in [0.5, 0.6) is 28.7 Å². The molecule has 1 heterocycles. The molecule has 2 atom stereocenters. The standard InChI is InChI=1S/C23H22O6/c1-26-19-11-16-18(12-20(19)27-2)29-23-15(21(24)22(16)25)9-6-10-17(23)28-13-14-7-4-3-5-8-14/h3-12,21-22,24-25H,13H2,1-2H3/t21-,22+/m1/s1. The maximum Gasteiger partial charge on any atom is 0.175 e. The second-order valence-corrected chi connectivity index (χ2v) is 6.69. The van der Waals surface area contributed by atoms with Crippen molar-refractivity contribution in [1.82, 2.24) is 0 Å². The molecule has 0 saturated heterocycles. The van der Waals surface area contributed by atoms with Crippen molar-refractivity contribution in [1.29, 1.82) is 0 Å². The lowest BCUT2D eigenvalue weighted by Crippen LogP contribution is -2.09. The van der Waals surface area contributed by atoms with Crippen LogP contribution in [0.3, 0.4) is 0 Å². The topological polar surface area (TPSA) is 77.4 Å². The first-order valence-corrected chi connectivity index (χ1v) is 9.22. The Hall–Kier alpha value is -3.22. The Balaban J connectivity index is 1.75. The number of methoxy groups -OCH3 is 2. The van der Waals surface area contributed by atoms with Gasteiger partial charge in [-0.2, -0.15) is 0 Å². The highest BCUT2D eigenvalue weighted by Gasteiger charge is 2.33. The maximum absolute atomic E-state index is 10.8. The van der Waals surface area contributed by atoms with Gasteiger partial charge < -0.3 is 29.2 Å². The minimum absolute atomic E-state index is 0.345. The van der Waals surface area contributed by atoms with E-state index in [0.717, 1.165) is 5.56 Å². The quantitative estimate of drug-likeness (QED) is 0.677. The van der Waals surface area contributed by atoms with Crippen molar-refractivity contribution >= 4 is 0 Å². The van der Waals surface area contributed by atoms with Gasteiger partial charge in [0.1, 0.15) is 24.6 Å². The Kier molecular flexibility index (Phi) is 5.29. The number of aliphatic hydroxyl groups is 2. The van der Waals surface area contributed by atoms with Gasteiger partial charge in [0.25, 0.3) is 0 Å². The van der Waals surface area contributed by atoms with Gasteiger partial charge in [0.05, 0.1) is 14.2 Å². The average molecular weight is 394 g/mol. The van der Waals surface area contributed by atoms with Crippen LogP contribution in [-0.2, 0) is 6.61 Å². The molecule has 0 unspecified atom stereocenters. The van der Waals surface area contributed by atoms with Crippen molar-refractivity contribution in [2.45, 2.75) is 18.8 Å². The zero-order chi connectivity index (χ0) is 20.4. The Morgan fingerprint density at radius 2 is 1.48 bits per heavy atom. The SMILES string of the molecule is COc1cc2c(cc1OC)[C@H](O)[C@H](O)c1cccc(OCc3ccccc3)c1O2. The molecule has 0 amide bonds. The molecule has 0 bridgehead atoms. The van der Waals surface area contributed by atoms with Crippen LogP contribution in [0.15, 0.2) is 60.7 Å². The fourth-order valence-electron chi connectivity index (χ4n) is 3.37. The molecule has 3 aromatic rings. The number of benzene rings is 3. The first-order chi connectivity index (χ1) is 14.1. The van der Waals surface area contributed by atoms with Crippen molar-refractivity contribution in [2.75, 3.05) is 14.2 Å². The van der Waals surface area contributed by atoms with Crippen LogP contribution in [-0.4, -0.2) is 24.4 Å². The van der Waals surface area contributed by atoms with Crippen LogP contribution in [0, 0.1) is 0 Å². The zero-order valence-corrected chi connectivity index (χ0v) is 16.2. The van der Waals surface area contributed by atoms with Gasteiger partial charge in [-0.25, -0.2) is 0 Å². The van der Waals surface area contributed by atoms with E-state index in [1.54, 1.807) is 30.3 Å². The van der Waals surface area contributed by atoms with Crippen LogP contribution < -0.4 is 18.9 Å². The predicted molar refractivity (Wildman–Crippen MR) is 107 cm³/mol. The Labute approximate surface area is 168 Å². The third-order valence-electron chi connectivity index (χ3n) is 4.91. The summed E-state index contributed by atoms with van der Waals surface area (Å²) < 4.78 is 22.8. The number of hydrogen-bond donors (Lipinski definition) is 2. The summed E-state index contributed by atoms with van der Waals surface area (Å²) in [5, 5.41) is 21.6. The smallest absolute Gasteiger partial charge is 0.175 e. The van der Waals surface area contributed by atoms with Crippen molar-refractivity contribution < 1.29 is 29.2 Å². The molecule has 0 radical (unpaired) electrons. The number of ether oxygens (including phenoxy) is 4. The summed E-state index contributed by atoms with van der Waals surface area (Å²) in [6.07, 6.45) is -2.39. The van der Waals surface area contributed by atoms with E-state index in [4.69, 9.17) is 18.9 Å². The van der Waals surface area contributed by atoms with E-state index in [-0.39, 0.29) is 0 Å². The van der Waals surface area contributed by atoms with E-state index in [1.165, 1.54) is 14.2 Å². The lowest BCUT2D eigenvalue weighted by Gasteiger charge is -2.18. The summed E-state index contributed by atoms with van der Waals surface area (Å²) in [4.78, 5) is 0. The first kappa shape index (κ1) is 19.1. The van der Waals surface area contributed by atoms with Gasteiger partial charge in [-0.15, -0.1) is 0 Å². The van der Waals surface area contributed by atoms with Crippen LogP contribution in [0.1, 0.15) is 28.9 Å². The second kappa shape index (κ2) is 8.03.